The number of aliphatic hydroxyl groups excluding tert-OH is 1. The zero-order chi connectivity index (χ0) is 11.7. The van der Waals surface area contributed by atoms with Gasteiger partial charge in [0.1, 0.15) is 11.9 Å². The van der Waals surface area contributed by atoms with Crippen molar-refractivity contribution >= 4 is 15.9 Å². The highest BCUT2D eigenvalue weighted by Gasteiger charge is 2.37. The normalized spacial score (nSPS) is 19.5. The molecule has 2 rings (SSSR count). The van der Waals surface area contributed by atoms with Crippen LogP contribution in [0.3, 0.4) is 0 Å². The number of halogens is 2. The van der Waals surface area contributed by atoms with Crippen molar-refractivity contribution in [3.8, 4) is 0 Å². The van der Waals surface area contributed by atoms with Crippen LogP contribution in [0.5, 0.6) is 0 Å². The van der Waals surface area contributed by atoms with E-state index < -0.39 is 11.9 Å². The predicted molar refractivity (Wildman–Crippen MR) is 62.6 cm³/mol. The molecule has 1 aromatic rings. The van der Waals surface area contributed by atoms with Crippen molar-refractivity contribution in [3.63, 3.8) is 0 Å². The Labute approximate surface area is 103 Å². The van der Waals surface area contributed by atoms with Crippen LogP contribution in [-0.4, -0.2) is 18.3 Å². The molecular formula is C12H14BrFO2. The number of aliphatic hydroxyl groups is 1. The zero-order valence-electron chi connectivity index (χ0n) is 8.99. The maximum atomic E-state index is 13.6. The highest BCUT2D eigenvalue weighted by molar-refractivity contribution is 9.10. The molecule has 0 aromatic heterocycles. The first-order valence-electron chi connectivity index (χ1n) is 5.29. The van der Waals surface area contributed by atoms with Crippen molar-refractivity contribution < 1.29 is 14.2 Å². The molecular weight excluding hydrogens is 275 g/mol. The molecule has 88 valence electrons. The van der Waals surface area contributed by atoms with E-state index in [-0.39, 0.29) is 6.10 Å². The lowest BCUT2D eigenvalue weighted by Crippen LogP contribution is -2.23. The van der Waals surface area contributed by atoms with E-state index in [4.69, 9.17) is 4.74 Å². The minimum absolute atomic E-state index is 0.299. The summed E-state index contributed by atoms with van der Waals surface area (Å²) < 4.78 is 19.6. The van der Waals surface area contributed by atoms with Crippen molar-refractivity contribution in [1.82, 2.24) is 0 Å². The number of rotatable bonds is 4. The predicted octanol–water partition coefficient (Wildman–Crippen LogP) is 3.05. The summed E-state index contributed by atoms with van der Waals surface area (Å²) in [5.41, 5.74) is 0.299. The van der Waals surface area contributed by atoms with Crippen molar-refractivity contribution in [2.24, 2.45) is 5.92 Å². The molecule has 0 aliphatic heterocycles. The van der Waals surface area contributed by atoms with E-state index >= 15 is 0 Å². The summed E-state index contributed by atoms with van der Waals surface area (Å²) in [6.07, 6.45) is 0.898. The molecule has 1 aliphatic rings. The SMILES string of the molecule is COC(C1CC1)C(O)c1cc(Br)ccc1F. The number of ether oxygens (including phenoxy) is 1. The average Bonchev–Trinajstić information content (AvgIpc) is 3.07. The van der Waals surface area contributed by atoms with Crippen LogP contribution in [-0.2, 0) is 4.74 Å². The summed E-state index contributed by atoms with van der Waals surface area (Å²) in [5, 5.41) is 10.1. The molecule has 1 aliphatic carbocycles. The molecule has 0 amide bonds. The molecule has 2 unspecified atom stereocenters. The summed E-state index contributed by atoms with van der Waals surface area (Å²) in [5.74, 6) is -0.0308. The van der Waals surface area contributed by atoms with E-state index in [1.807, 2.05) is 0 Å². The van der Waals surface area contributed by atoms with E-state index in [2.05, 4.69) is 15.9 Å². The van der Waals surface area contributed by atoms with Gasteiger partial charge in [0, 0.05) is 17.1 Å². The minimum atomic E-state index is -0.894. The second-order valence-corrected chi connectivity index (χ2v) is 5.06. The third-order valence-electron chi connectivity index (χ3n) is 2.95. The van der Waals surface area contributed by atoms with Crippen LogP contribution in [0.2, 0.25) is 0 Å². The number of hydrogen-bond acceptors (Lipinski definition) is 2. The van der Waals surface area contributed by atoms with Gasteiger partial charge in [0.2, 0.25) is 0 Å². The highest BCUT2D eigenvalue weighted by Crippen LogP contribution is 2.40. The van der Waals surface area contributed by atoms with Gasteiger partial charge in [0.25, 0.3) is 0 Å². The molecule has 1 saturated carbocycles. The van der Waals surface area contributed by atoms with Crippen LogP contribution in [0.15, 0.2) is 22.7 Å². The van der Waals surface area contributed by atoms with Gasteiger partial charge in [0.05, 0.1) is 6.10 Å². The topological polar surface area (TPSA) is 29.5 Å². The third-order valence-corrected chi connectivity index (χ3v) is 3.44. The molecule has 1 fully saturated rings. The van der Waals surface area contributed by atoms with E-state index in [1.165, 1.54) is 6.07 Å². The summed E-state index contributed by atoms with van der Waals surface area (Å²) >= 11 is 3.27. The largest absolute Gasteiger partial charge is 0.386 e. The van der Waals surface area contributed by atoms with Gasteiger partial charge in [-0.2, -0.15) is 0 Å². The first-order chi connectivity index (χ1) is 7.63. The summed E-state index contributed by atoms with van der Waals surface area (Å²) in [6.45, 7) is 0. The second kappa shape index (κ2) is 4.82. The van der Waals surface area contributed by atoms with E-state index in [1.54, 1.807) is 19.2 Å². The lowest BCUT2D eigenvalue weighted by Gasteiger charge is -2.22. The van der Waals surface area contributed by atoms with Gasteiger partial charge in [-0.1, -0.05) is 15.9 Å². The lowest BCUT2D eigenvalue weighted by atomic mass is 10.0. The maximum absolute atomic E-state index is 13.6. The van der Waals surface area contributed by atoms with E-state index in [0.717, 1.165) is 17.3 Å². The van der Waals surface area contributed by atoms with Crippen molar-refractivity contribution in [3.05, 3.63) is 34.1 Å². The minimum Gasteiger partial charge on any atom is -0.386 e. The Kier molecular flexibility index (Phi) is 3.62. The number of benzene rings is 1. The maximum Gasteiger partial charge on any atom is 0.129 e. The number of hydrogen-bond donors (Lipinski definition) is 1. The van der Waals surface area contributed by atoms with Gasteiger partial charge in [-0.25, -0.2) is 4.39 Å². The first kappa shape index (κ1) is 12.0. The highest BCUT2D eigenvalue weighted by atomic mass is 79.9. The van der Waals surface area contributed by atoms with Crippen molar-refractivity contribution in [2.45, 2.75) is 25.0 Å². The van der Waals surface area contributed by atoms with E-state index in [0.29, 0.717) is 11.5 Å². The van der Waals surface area contributed by atoms with E-state index in [9.17, 15) is 9.50 Å². The first-order valence-corrected chi connectivity index (χ1v) is 6.08. The molecule has 1 aromatic carbocycles. The molecule has 2 nitrogen and oxygen atoms in total. The van der Waals surface area contributed by atoms with Gasteiger partial charge < -0.3 is 9.84 Å². The quantitative estimate of drug-likeness (QED) is 0.923. The number of methoxy groups -OCH3 is 1. The Balaban J connectivity index is 2.24. The van der Waals surface area contributed by atoms with Gasteiger partial charge >= 0.3 is 0 Å². The fraction of sp³-hybridized carbons (Fsp3) is 0.500. The van der Waals surface area contributed by atoms with Gasteiger partial charge in [0.15, 0.2) is 0 Å². The molecule has 0 radical (unpaired) electrons. The Morgan fingerprint density at radius 2 is 2.19 bits per heavy atom. The monoisotopic (exact) mass is 288 g/mol. The Bertz CT molecular complexity index is 379. The average molecular weight is 289 g/mol. The smallest absolute Gasteiger partial charge is 0.129 e. The molecule has 1 N–H and O–H groups in total. The van der Waals surface area contributed by atoms with Crippen LogP contribution in [0.4, 0.5) is 4.39 Å². The summed E-state index contributed by atoms with van der Waals surface area (Å²) in [7, 11) is 1.56. The molecule has 2 atom stereocenters. The summed E-state index contributed by atoms with van der Waals surface area (Å²) in [4.78, 5) is 0. The Hall–Kier alpha value is -0.450. The van der Waals surface area contributed by atoms with Crippen LogP contribution in [0.1, 0.15) is 24.5 Å². The molecule has 0 bridgehead atoms. The van der Waals surface area contributed by atoms with Gasteiger partial charge in [-0.05, 0) is 37.0 Å². The Morgan fingerprint density at radius 1 is 1.50 bits per heavy atom. The molecule has 0 spiro atoms. The van der Waals surface area contributed by atoms with Gasteiger partial charge in [-0.15, -0.1) is 0 Å². The zero-order valence-corrected chi connectivity index (χ0v) is 10.6. The Morgan fingerprint density at radius 3 is 2.75 bits per heavy atom. The molecule has 0 heterocycles. The third kappa shape index (κ3) is 2.44. The molecule has 16 heavy (non-hydrogen) atoms. The second-order valence-electron chi connectivity index (χ2n) is 4.15. The fourth-order valence-corrected chi connectivity index (χ4v) is 2.30. The molecule has 0 saturated heterocycles. The molecule has 4 heteroatoms. The van der Waals surface area contributed by atoms with Crippen LogP contribution in [0, 0.1) is 11.7 Å². The van der Waals surface area contributed by atoms with Crippen molar-refractivity contribution in [1.29, 1.82) is 0 Å². The summed E-state index contributed by atoms with van der Waals surface area (Å²) in [6, 6.07) is 4.57. The van der Waals surface area contributed by atoms with Crippen molar-refractivity contribution in [2.75, 3.05) is 7.11 Å². The van der Waals surface area contributed by atoms with Crippen LogP contribution >= 0.6 is 15.9 Å². The van der Waals surface area contributed by atoms with Crippen LogP contribution in [0.25, 0.3) is 0 Å². The van der Waals surface area contributed by atoms with Gasteiger partial charge in [-0.3, -0.25) is 0 Å². The standard InChI is InChI=1S/C12H14BrFO2/c1-16-12(7-2-3-7)11(15)9-6-8(13)4-5-10(9)14/h4-7,11-12,15H,2-3H2,1H3. The van der Waals surface area contributed by atoms with Crippen LogP contribution < -0.4 is 0 Å². The lowest BCUT2D eigenvalue weighted by molar-refractivity contribution is -0.0274. The fourth-order valence-electron chi connectivity index (χ4n) is 1.92.